The van der Waals surface area contributed by atoms with Gasteiger partial charge in [-0.1, -0.05) is 53.4 Å². The molecule has 0 aliphatic rings. The van der Waals surface area contributed by atoms with E-state index in [0.717, 1.165) is 5.69 Å². The Balaban J connectivity index is 1.47. The summed E-state index contributed by atoms with van der Waals surface area (Å²) >= 11 is 2.66. The Morgan fingerprint density at radius 2 is 1.93 bits per heavy atom. The number of nitrogens with one attached hydrogen (secondary N) is 1. The van der Waals surface area contributed by atoms with E-state index < -0.39 is 0 Å². The molecule has 7 nitrogen and oxygen atoms in total. The van der Waals surface area contributed by atoms with E-state index in [1.54, 1.807) is 28.8 Å². The van der Waals surface area contributed by atoms with Crippen LogP contribution in [0.2, 0.25) is 0 Å². The summed E-state index contributed by atoms with van der Waals surface area (Å²) in [5.41, 5.74) is 2.10. The van der Waals surface area contributed by atoms with E-state index in [2.05, 4.69) is 26.7 Å². The maximum Gasteiger partial charge on any atom is 0.237 e. The van der Waals surface area contributed by atoms with Crippen LogP contribution in [0.15, 0.2) is 59.8 Å². The summed E-state index contributed by atoms with van der Waals surface area (Å²) in [6.07, 6.45) is 0. The van der Waals surface area contributed by atoms with Gasteiger partial charge in [0.1, 0.15) is 0 Å². The Labute approximate surface area is 162 Å². The van der Waals surface area contributed by atoms with Gasteiger partial charge in [-0.15, -0.1) is 15.3 Å². The smallest absolute Gasteiger partial charge is 0.237 e. The first-order valence-electron chi connectivity index (χ1n) is 7.93. The number of carbonyl (C=O) groups excluding carboxylic acids is 1. The van der Waals surface area contributed by atoms with Gasteiger partial charge in [0.05, 0.1) is 17.4 Å². The third-order valence-electron chi connectivity index (χ3n) is 3.66. The molecule has 0 bridgehead atoms. The summed E-state index contributed by atoms with van der Waals surface area (Å²) in [6.45, 7) is 0. The van der Waals surface area contributed by atoms with Crippen molar-refractivity contribution in [2.45, 2.75) is 5.16 Å². The molecule has 0 atom stereocenters. The van der Waals surface area contributed by atoms with E-state index in [9.17, 15) is 4.79 Å². The van der Waals surface area contributed by atoms with Crippen molar-refractivity contribution in [3.8, 4) is 6.07 Å². The number of benzene rings is 2. The predicted molar refractivity (Wildman–Crippen MR) is 105 cm³/mol. The van der Waals surface area contributed by atoms with Crippen LogP contribution in [0.25, 0.3) is 4.96 Å². The van der Waals surface area contributed by atoms with E-state index in [0.29, 0.717) is 26.4 Å². The standard InChI is InChI=1S/C18H12N6OS2/c19-10-12-6-8-14(9-7-12)20-16-23-24-17(21-22-18(24)27-16)26-11-15(25)13-4-2-1-3-5-13/h1-9H,11H2,(H,20,23). The number of hydrogen-bond donors (Lipinski definition) is 1. The molecule has 0 saturated heterocycles. The number of anilines is 2. The first kappa shape index (κ1) is 17.2. The molecule has 0 saturated carbocycles. The molecule has 0 aliphatic carbocycles. The van der Waals surface area contributed by atoms with Gasteiger partial charge in [-0.3, -0.25) is 4.79 Å². The maximum atomic E-state index is 12.2. The Kier molecular flexibility index (Phi) is 4.82. The van der Waals surface area contributed by atoms with Gasteiger partial charge in [-0.25, -0.2) is 0 Å². The lowest BCUT2D eigenvalue weighted by Gasteiger charge is -2.01. The number of thioether (sulfide) groups is 1. The van der Waals surface area contributed by atoms with Crippen molar-refractivity contribution in [1.82, 2.24) is 19.8 Å². The molecule has 132 valence electrons. The topological polar surface area (TPSA) is 96.0 Å². The van der Waals surface area contributed by atoms with E-state index in [1.807, 2.05) is 30.3 Å². The van der Waals surface area contributed by atoms with E-state index in [4.69, 9.17) is 5.26 Å². The number of Topliss-reactive ketones (excluding diaryl/α,β-unsaturated/α-hetero) is 1. The van der Waals surface area contributed by atoms with Gasteiger partial charge in [-0.2, -0.15) is 9.78 Å². The molecule has 4 aromatic rings. The van der Waals surface area contributed by atoms with E-state index >= 15 is 0 Å². The molecule has 0 unspecified atom stereocenters. The van der Waals surface area contributed by atoms with Gasteiger partial charge < -0.3 is 5.32 Å². The molecule has 2 aromatic heterocycles. The summed E-state index contributed by atoms with van der Waals surface area (Å²) in [5, 5.41) is 25.9. The van der Waals surface area contributed by atoms with Gasteiger partial charge in [0, 0.05) is 11.3 Å². The first-order valence-corrected chi connectivity index (χ1v) is 9.73. The minimum atomic E-state index is 0.0310. The quantitative estimate of drug-likeness (QED) is 0.394. The van der Waals surface area contributed by atoms with Crippen molar-refractivity contribution in [3.63, 3.8) is 0 Å². The predicted octanol–water partition coefficient (Wildman–Crippen LogP) is 3.78. The number of carbonyl (C=O) groups is 1. The van der Waals surface area contributed by atoms with Crippen LogP contribution in [0.5, 0.6) is 0 Å². The fraction of sp³-hybridized carbons (Fsp3) is 0.0556. The summed E-state index contributed by atoms with van der Waals surface area (Å²) in [4.78, 5) is 12.9. The largest absolute Gasteiger partial charge is 0.330 e. The molecular weight excluding hydrogens is 380 g/mol. The third-order valence-corrected chi connectivity index (χ3v) is 5.39. The molecule has 2 heterocycles. The molecule has 0 aliphatic heterocycles. The highest BCUT2D eigenvalue weighted by molar-refractivity contribution is 7.99. The molecule has 4 rings (SSSR count). The van der Waals surface area contributed by atoms with Gasteiger partial charge in [0.15, 0.2) is 5.78 Å². The minimum absolute atomic E-state index is 0.0310. The van der Waals surface area contributed by atoms with Gasteiger partial charge in [0.25, 0.3) is 0 Å². The van der Waals surface area contributed by atoms with Crippen molar-refractivity contribution in [3.05, 3.63) is 65.7 Å². The zero-order valence-corrected chi connectivity index (χ0v) is 15.5. The fourth-order valence-corrected chi connectivity index (χ4v) is 3.92. The van der Waals surface area contributed by atoms with Crippen molar-refractivity contribution in [2.75, 3.05) is 11.1 Å². The van der Waals surface area contributed by atoms with Crippen LogP contribution >= 0.6 is 23.1 Å². The van der Waals surface area contributed by atoms with Crippen LogP contribution in [-0.2, 0) is 0 Å². The number of fused-ring (bicyclic) bond motifs is 1. The summed E-state index contributed by atoms with van der Waals surface area (Å²) < 4.78 is 1.62. The zero-order valence-electron chi connectivity index (χ0n) is 13.9. The van der Waals surface area contributed by atoms with Crippen LogP contribution in [0.1, 0.15) is 15.9 Å². The highest BCUT2D eigenvalue weighted by atomic mass is 32.2. The van der Waals surface area contributed by atoms with Crippen molar-refractivity contribution in [2.24, 2.45) is 0 Å². The number of nitriles is 1. The molecule has 9 heteroatoms. The Hall–Kier alpha value is -3.22. The molecule has 2 aromatic carbocycles. The Bertz CT molecular complexity index is 1130. The number of nitrogens with zero attached hydrogens (tertiary/aromatic N) is 5. The third kappa shape index (κ3) is 3.81. The second-order valence-corrected chi connectivity index (χ2v) is 7.37. The van der Waals surface area contributed by atoms with Crippen LogP contribution in [0, 0.1) is 11.3 Å². The molecule has 1 N–H and O–H groups in total. The SMILES string of the molecule is N#Cc1ccc(Nc2nn3c(SCC(=O)c4ccccc4)nnc3s2)cc1. The first-order chi connectivity index (χ1) is 13.2. The number of ketones is 1. The minimum Gasteiger partial charge on any atom is -0.330 e. The second-order valence-electron chi connectivity index (χ2n) is 5.48. The number of aromatic nitrogens is 4. The molecule has 0 amide bonds. The summed E-state index contributed by atoms with van der Waals surface area (Å²) in [7, 11) is 0. The van der Waals surface area contributed by atoms with Gasteiger partial charge in [-0.05, 0) is 24.3 Å². The number of hydrogen-bond acceptors (Lipinski definition) is 8. The second kappa shape index (κ2) is 7.57. The average molecular weight is 392 g/mol. The Morgan fingerprint density at radius 3 is 2.67 bits per heavy atom. The normalized spacial score (nSPS) is 10.6. The van der Waals surface area contributed by atoms with Crippen LogP contribution < -0.4 is 5.32 Å². The van der Waals surface area contributed by atoms with Gasteiger partial charge >= 0.3 is 0 Å². The number of rotatable bonds is 6. The van der Waals surface area contributed by atoms with Crippen LogP contribution in [-0.4, -0.2) is 31.3 Å². The average Bonchev–Trinajstić information content (AvgIpc) is 3.28. The van der Waals surface area contributed by atoms with E-state index in [-0.39, 0.29) is 11.5 Å². The Morgan fingerprint density at radius 1 is 1.15 bits per heavy atom. The molecule has 0 radical (unpaired) electrons. The summed E-state index contributed by atoms with van der Waals surface area (Å²) in [5.74, 6) is 0.296. The highest BCUT2D eigenvalue weighted by Gasteiger charge is 2.14. The van der Waals surface area contributed by atoms with E-state index in [1.165, 1.54) is 23.1 Å². The lowest BCUT2D eigenvalue weighted by Crippen LogP contribution is -2.03. The fourth-order valence-electron chi connectivity index (χ4n) is 2.33. The van der Waals surface area contributed by atoms with Crippen molar-refractivity contribution < 1.29 is 4.79 Å². The van der Waals surface area contributed by atoms with Crippen molar-refractivity contribution in [1.29, 1.82) is 5.26 Å². The zero-order chi connectivity index (χ0) is 18.6. The summed E-state index contributed by atoms with van der Waals surface area (Å²) in [6, 6.07) is 18.3. The lowest BCUT2D eigenvalue weighted by molar-refractivity contribution is 0.102. The molecule has 0 spiro atoms. The van der Waals surface area contributed by atoms with Crippen LogP contribution in [0.4, 0.5) is 10.8 Å². The highest BCUT2D eigenvalue weighted by Crippen LogP contribution is 2.26. The van der Waals surface area contributed by atoms with Crippen molar-refractivity contribution >= 4 is 44.7 Å². The lowest BCUT2D eigenvalue weighted by atomic mass is 10.2. The molecule has 27 heavy (non-hydrogen) atoms. The van der Waals surface area contributed by atoms with Gasteiger partial charge in [0.2, 0.25) is 15.2 Å². The molecular formula is C18H12N6OS2. The monoisotopic (exact) mass is 392 g/mol. The maximum absolute atomic E-state index is 12.2. The van der Waals surface area contributed by atoms with Crippen LogP contribution in [0.3, 0.4) is 0 Å². The molecule has 0 fully saturated rings.